The summed E-state index contributed by atoms with van der Waals surface area (Å²) in [5.74, 6) is 0.537. The highest BCUT2D eigenvalue weighted by Gasteiger charge is 2.16. The second-order valence-corrected chi connectivity index (χ2v) is 8.83. The van der Waals surface area contributed by atoms with Gasteiger partial charge in [-0.05, 0) is 55.8 Å². The van der Waals surface area contributed by atoms with Gasteiger partial charge in [0.15, 0.2) is 0 Å². The quantitative estimate of drug-likeness (QED) is 0.561. The number of nitrogens with zero attached hydrogens (tertiary/aromatic N) is 2. The fourth-order valence-corrected chi connectivity index (χ4v) is 3.86. The topological polar surface area (TPSA) is 113 Å². The molecule has 1 unspecified atom stereocenters. The summed E-state index contributed by atoms with van der Waals surface area (Å²) in [4.78, 5) is 11.9. The number of ether oxygens (including phenoxy) is 2. The average Bonchev–Trinajstić information content (AvgIpc) is 2.78. The molecular weight excluding hydrogens is 430 g/mol. The van der Waals surface area contributed by atoms with E-state index >= 15 is 0 Å². The van der Waals surface area contributed by atoms with E-state index in [2.05, 4.69) is 4.40 Å². The van der Waals surface area contributed by atoms with Gasteiger partial charge in [0.2, 0.25) is 5.91 Å². The molecule has 0 radical (unpaired) electrons. The van der Waals surface area contributed by atoms with Crippen molar-refractivity contribution in [3.8, 4) is 11.5 Å². The number of carbonyl (C=O) groups is 1. The summed E-state index contributed by atoms with van der Waals surface area (Å²) in [5.41, 5.74) is 7.37. The summed E-state index contributed by atoms with van der Waals surface area (Å²) in [5, 5.41) is 0. The Morgan fingerprint density at radius 3 is 2.25 bits per heavy atom. The van der Waals surface area contributed by atoms with Crippen LogP contribution in [0.25, 0.3) is 0 Å². The Kier molecular flexibility index (Phi) is 6.99. The molecule has 2 N–H and O–H groups in total. The molecule has 168 valence electrons. The van der Waals surface area contributed by atoms with Gasteiger partial charge < -0.3 is 19.8 Å². The van der Waals surface area contributed by atoms with E-state index in [1.54, 1.807) is 32.2 Å². The number of amides is 1. The van der Waals surface area contributed by atoms with Crippen LogP contribution in [0.4, 0.5) is 0 Å². The molecule has 0 saturated heterocycles. The Bertz CT molecular complexity index is 1260. The predicted octanol–water partition coefficient (Wildman–Crippen LogP) is 2.72. The number of pyridine rings is 1. The summed E-state index contributed by atoms with van der Waals surface area (Å²) in [6.07, 6.45) is 1.52. The molecule has 0 spiro atoms. The Morgan fingerprint density at radius 2 is 1.66 bits per heavy atom. The van der Waals surface area contributed by atoms with Crippen LogP contribution < -0.4 is 20.7 Å². The van der Waals surface area contributed by atoms with Crippen molar-refractivity contribution in [3.63, 3.8) is 0 Å². The normalized spacial score (nSPS) is 12.9. The fraction of sp³-hybridized carbons (Fsp3) is 0.217. The number of methoxy groups -OCH3 is 1. The van der Waals surface area contributed by atoms with Crippen LogP contribution in [0.5, 0.6) is 11.5 Å². The molecular formula is C23H25N3O5S. The van der Waals surface area contributed by atoms with Gasteiger partial charge in [-0.2, -0.15) is 8.42 Å². The Labute approximate surface area is 187 Å². The number of benzene rings is 2. The molecule has 0 bridgehead atoms. The van der Waals surface area contributed by atoms with E-state index in [0.29, 0.717) is 5.75 Å². The summed E-state index contributed by atoms with van der Waals surface area (Å²) in [6, 6.07) is 16.0. The van der Waals surface area contributed by atoms with E-state index in [0.717, 1.165) is 16.9 Å². The predicted molar refractivity (Wildman–Crippen MR) is 120 cm³/mol. The monoisotopic (exact) mass is 455 g/mol. The first-order valence-electron chi connectivity index (χ1n) is 9.84. The van der Waals surface area contributed by atoms with Gasteiger partial charge in [-0.15, -0.1) is 4.40 Å². The minimum atomic E-state index is -3.99. The molecule has 3 aromatic rings. The third kappa shape index (κ3) is 5.55. The van der Waals surface area contributed by atoms with Crippen molar-refractivity contribution in [1.82, 2.24) is 4.57 Å². The van der Waals surface area contributed by atoms with Crippen LogP contribution in [0, 0.1) is 6.92 Å². The molecule has 32 heavy (non-hydrogen) atoms. The van der Waals surface area contributed by atoms with Crippen molar-refractivity contribution in [2.24, 2.45) is 10.1 Å². The molecule has 1 heterocycles. The maximum Gasteiger partial charge on any atom is 0.284 e. The number of aryl methyl sites for hydroxylation is 1. The smallest absolute Gasteiger partial charge is 0.284 e. The zero-order valence-electron chi connectivity index (χ0n) is 18.1. The lowest BCUT2D eigenvalue weighted by Gasteiger charge is -2.15. The van der Waals surface area contributed by atoms with Crippen molar-refractivity contribution in [2.75, 3.05) is 7.11 Å². The van der Waals surface area contributed by atoms with E-state index in [1.165, 1.54) is 29.0 Å². The van der Waals surface area contributed by atoms with Gasteiger partial charge in [0.05, 0.1) is 12.0 Å². The van der Waals surface area contributed by atoms with Crippen LogP contribution >= 0.6 is 0 Å². The highest BCUT2D eigenvalue weighted by molar-refractivity contribution is 7.90. The Morgan fingerprint density at radius 1 is 1.03 bits per heavy atom. The van der Waals surface area contributed by atoms with Crippen molar-refractivity contribution in [1.29, 1.82) is 0 Å². The van der Waals surface area contributed by atoms with Gasteiger partial charge in [-0.3, -0.25) is 4.79 Å². The lowest BCUT2D eigenvalue weighted by Crippen LogP contribution is -2.32. The molecule has 0 fully saturated rings. The lowest BCUT2D eigenvalue weighted by atomic mass is 10.2. The number of carbonyl (C=O) groups excluding carboxylic acids is 1. The zero-order valence-corrected chi connectivity index (χ0v) is 18.9. The molecule has 8 nitrogen and oxygen atoms in total. The zero-order chi connectivity index (χ0) is 23.3. The molecule has 1 aromatic heterocycles. The SMILES string of the molecule is COc1ccc(COc2cc/c(=N/S(=O)(=O)c3ccc(C)cc3)n(C(C)C(N)=O)c2)cc1. The van der Waals surface area contributed by atoms with E-state index < -0.39 is 22.0 Å². The maximum absolute atomic E-state index is 12.8. The first-order valence-corrected chi connectivity index (χ1v) is 11.3. The molecule has 0 aliphatic carbocycles. The highest BCUT2D eigenvalue weighted by atomic mass is 32.2. The van der Waals surface area contributed by atoms with Crippen molar-refractivity contribution >= 4 is 15.9 Å². The molecule has 1 atom stereocenters. The van der Waals surface area contributed by atoms with Crippen LogP contribution in [-0.4, -0.2) is 26.0 Å². The fourth-order valence-electron chi connectivity index (χ4n) is 2.87. The summed E-state index contributed by atoms with van der Waals surface area (Å²) < 4.78 is 41.8. The first-order chi connectivity index (χ1) is 15.2. The van der Waals surface area contributed by atoms with Crippen LogP contribution in [0.2, 0.25) is 0 Å². The number of hydrogen-bond donors (Lipinski definition) is 1. The third-order valence-electron chi connectivity index (χ3n) is 4.85. The number of aromatic nitrogens is 1. The van der Waals surface area contributed by atoms with Crippen LogP contribution in [-0.2, 0) is 21.4 Å². The summed E-state index contributed by atoms with van der Waals surface area (Å²) in [7, 11) is -2.39. The second kappa shape index (κ2) is 9.69. The molecule has 0 aliphatic rings. The lowest BCUT2D eigenvalue weighted by molar-refractivity contribution is -0.120. The molecule has 3 rings (SSSR count). The third-order valence-corrected chi connectivity index (χ3v) is 6.15. The number of hydrogen-bond acceptors (Lipinski definition) is 5. The molecule has 0 saturated carbocycles. The second-order valence-electron chi connectivity index (χ2n) is 7.22. The molecule has 2 aromatic carbocycles. The Balaban J connectivity index is 1.95. The number of rotatable bonds is 8. The van der Waals surface area contributed by atoms with Crippen LogP contribution in [0.1, 0.15) is 24.1 Å². The molecule has 9 heteroatoms. The van der Waals surface area contributed by atoms with E-state index in [1.807, 2.05) is 31.2 Å². The van der Waals surface area contributed by atoms with Gasteiger partial charge >= 0.3 is 0 Å². The maximum atomic E-state index is 12.8. The van der Waals surface area contributed by atoms with Gasteiger partial charge in [-0.1, -0.05) is 29.8 Å². The van der Waals surface area contributed by atoms with E-state index in [-0.39, 0.29) is 17.0 Å². The highest BCUT2D eigenvalue weighted by Crippen LogP contribution is 2.17. The van der Waals surface area contributed by atoms with Gasteiger partial charge in [0, 0.05) is 6.20 Å². The van der Waals surface area contributed by atoms with Crippen molar-refractivity contribution in [3.05, 3.63) is 83.5 Å². The number of sulfonamides is 1. The molecule has 1 amide bonds. The largest absolute Gasteiger partial charge is 0.497 e. The van der Waals surface area contributed by atoms with E-state index in [9.17, 15) is 13.2 Å². The van der Waals surface area contributed by atoms with Crippen molar-refractivity contribution < 1.29 is 22.7 Å². The van der Waals surface area contributed by atoms with Gasteiger partial charge in [0.1, 0.15) is 29.6 Å². The Hall–Kier alpha value is -3.59. The van der Waals surface area contributed by atoms with Crippen molar-refractivity contribution in [2.45, 2.75) is 31.4 Å². The summed E-state index contributed by atoms with van der Waals surface area (Å²) >= 11 is 0. The minimum absolute atomic E-state index is 0.0567. The van der Waals surface area contributed by atoms with Gasteiger partial charge in [0.25, 0.3) is 10.0 Å². The molecule has 0 aliphatic heterocycles. The summed E-state index contributed by atoms with van der Waals surface area (Å²) in [6.45, 7) is 3.70. The van der Waals surface area contributed by atoms with E-state index in [4.69, 9.17) is 15.2 Å². The number of primary amides is 1. The number of nitrogens with two attached hydrogens (primary N) is 1. The standard InChI is InChI=1S/C23H25N3O5S/c1-16-4-11-21(12-5-16)32(28,29)25-22-13-10-20(14-26(22)17(2)23(24)27)31-15-18-6-8-19(30-3)9-7-18/h4-14,17H,15H2,1-3H3,(H2,24,27)/b25-22-. The first kappa shape index (κ1) is 23.1. The van der Waals surface area contributed by atoms with Crippen LogP contribution in [0.15, 0.2) is 76.2 Å². The average molecular weight is 456 g/mol. The minimum Gasteiger partial charge on any atom is -0.497 e. The van der Waals surface area contributed by atoms with Crippen LogP contribution in [0.3, 0.4) is 0 Å². The van der Waals surface area contributed by atoms with Gasteiger partial charge in [-0.25, -0.2) is 0 Å².